The molecule has 3 unspecified atom stereocenters. The first kappa shape index (κ1) is 20.1. The summed E-state index contributed by atoms with van der Waals surface area (Å²) in [5.41, 5.74) is 0. The van der Waals surface area contributed by atoms with Gasteiger partial charge in [0, 0.05) is 6.42 Å². The lowest BCUT2D eigenvalue weighted by Gasteiger charge is -2.32. The summed E-state index contributed by atoms with van der Waals surface area (Å²) in [6.45, 7) is 13.5. The highest BCUT2D eigenvalue weighted by Crippen LogP contribution is 2.27. The Hall–Kier alpha value is -0.900. The van der Waals surface area contributed by atoms with Crippen molar-refractivity contribution in [2.45, 2.75) is 86.0 Å². The van der Waals surface area contributed by atoms with Gasteiger partial charge >= 0.3 is 0 Å². The number of hydrogen-bond acceptors (Lipinski definition) is 3. The molecular weight excluding hydrogens is 266 g/mol. The normalized spacial score (nSPS) is 26.6. The fraction of sp³-hybridized carbons (Fsp3) is 0.882. The van der Waals surface area contributed by atoms with E-state index >= 15 is 0 Å². The van der Waals surface area contributed by atoms with Gasteiger partial charge < -0.3 is 10.1 Å². The van der Waals surface area contributed by atoms with E-state index in [1.54, 1.807) is 0 Å². The van der Waals surface area contributed by atoms with Crippen LogP contribution in [-0.4, -0.2) is 29.9 Å². The quantitative estimate of drug-likeness (QED) is 0.847. The molecule has 1 heterocycles. The summed E-state index contributed by atoms with van der Waals surface area (Å²) in [6.07, 6.45) is 2.77. The minimum Gasteiger partial charge on any atom is -0.376 e. The summed E-state index contributed by atoms with van der Waals surface area (Å²) in [4.78, 5) is 23.5. The third kappa shape index (κ3) is 7.60. The molecule has 4 heteroatoms. The predicted octanol–water partition coefficient (Wildman–Crippen LogP) is 3.34. The van der Waals surface area contributed by atoms with Gasteiger partial charge in [-0.3, -0.25) is 9.59 Å². The Morgan fingerprint density at radius 2 is 1.62 bits per heavy atom. The number of ether oxygens (including phenoxy) is 1. The van der Waals surface area contributed by atoms with Crippen LogP contribution in [0.1, 0.15) is 67.7 Å². The predicted molar refractivity (Wildman–Crippen MR) is 86.1 cm³/mol. The first-order valence-corrected chi connectivity index (χ1v) is 8.24. The molecule has 0 aliphatic carbocycles. The van der Waals surface area contributed by atoms with E-state index in [1.165, 1.54) is 6.92 Å². The minimum atomic E-state index is -0.359. The van der Waals surface area contributed by atoms with Gasteiger partial charge in [0.05, 0.1) is 18.2 Å². The minimum absolute atomic E-state index is 0.0137. The zero-order valence-corrected chi connectivity index (χ0v) is 14.7. The molecule has 0 saturated carbocycles. The molecule has 0 aromatic rings. The lowest BCUT2D eigenvalue weighted by molar-refractivity contribution is -0.129. The van der Waals surface area contributed by atoms with Crippen LogP contribution in [0.25, 0.3) is 0 Å². The van der Waals surface area contributed by atoms with Gasteiger partial charge in [-0.25, -0.2) is 0 Å². The van der Waals surface area contributed by atoms with Gasteiger partial charge in [-0.1, -0.05) is 27.7 Å². The molecule has 1 N–H and O–H groups in total. The molecule has 0 bridgehead atoms. The first-order valence-electron chi connectivity index (χ1n) is 8.24. The SMILES string of the molecule is CC.CC(=O)C(NC(=O)CC1CC(C)OC(C)C1)C(C)C. The van der Waals surface area contributed by atoms with Gasteiger partial charge in [0.1, 0.15) is 0 Å². The molecule has 1 fully saturated rings. The van der Waals surface area contributed by atoms with E-state index in [0.29, 0.717) is 12.3 Å². The van der Waals surface area contributed by atoms with Gasteiger partial charge in [-0.2, -0.15) is 0 Å². The number of rotatable bonds is 5. The van der Waals surface area contributed by atoms with Crippen molar-refractivity contribution in [3.63, 3.8) is 0 Å². The maximum absolute atomic E-state index is 12.0. The number of carbonyl (C=O) groups is 2. The summed E-state index contributed by atoms with van der Waals surface area (Å²) in [7, 11) is 0. The second-order valence-corrected chi connectivity index (χ2v) is 6.20. The molecule has 0 aromatic carbocycles. The second-order valence-electron chi connectivity index (χ2n) is 6.20. The van der Waals surface area contributed by atoms with Gasteiger partial charge in [-0.05, 0) is 45.4 Å². The zero-order chi connectivity index (χ0) is 16.6. The number of amides is 1. The number of ketones is 1. The molecule has 0 spiro atoms. The lowest BCUT2D eigenvalue weighted by atomic mass is 9.89. The fourth-order valence-electron chi connectivity index (χ4n) is 2.94. The van der Waals surface area contributed by atoms with Crippen molar-refractivity contribution >= 4 is 11.7 Å². The van der Waals surface area contributed by atoms with Crippen LogP contribution >= 0.6 is 0 Å². The van der Waals surface area contributed by atoms with Gasteiger partial charge in [-0.15, -0.1) is 0 Å². The van der Waals surface area contributed by atoms with Crippen LogP contribution in [0.15, 0.2) is 0 Å². The van der Waals surface area contributed by atoms with Crippen LogP contribution in [0.5, 0.6) is 0 Å². The van der Waals surface area contributed by atoms with Gasteiger partial charge in [0.15, 0.2) is 5.78 Å². The van der Waals surface area contributed by atoms with Crippen LogP contribution in [0.2, 0.25) is 0 Å². The summed E-state index contributed by atoms with van der Waals surface area (Å²) in [5, 5.41) is 2.86. The smallest absolute Gasteiger partial charge is 0.220 e. The summed E-state index contributed by atoms with van der Waals surface area (Å²) >= 11 is 0. The Morgan fingerprint density at radius 3 is 2.00 bits per heavy atom. The zero-order valence-electron chi connectivity index (χ0n) is 14.7. The van der Waals surface area contributed by atoms with Crippen molar-refractivity contribution in [3.05, 3.63) is 0 Å². The highest BCUT2D eigenvalue weighted by molar-refractivity contribution is 5.87. The number of nitrogens with one attached hydrogen (secondary N) is 1. The molecule has 1 amide bonds. The van der Waals surface area contributed by atoms with Crippen LogP contribution in [-0.2, 0) is 14.3 Å². The van der Waals surface area contributed by atoms with Gasteiger partial charge in [0.25, 0.3) is 0 Å². The average Bonchev–Trinajstić information content (AvgIpc) is 2.36. The molecule has 0 aromatic heterocycles. The summed E-state index contributed by atoms with van der Waals surface area (Å²) < 4.78 is 5.67. The third-order valence-electron chi connectivity index (χ3n) is 3.69. The Bertz CT molecular complexity index is 318. The van der Waals surface area contributed by atoms with E-state index in [4.69, 9.17) is 4.74 Å². The Balaban J connectivity index is 0.00000191. The highest BCUT2D eigenvalue weighted by atomic mass is 16.5. The van der Waals surface area contributed by atoms with E-state index in [0.717, 1.165) is 12.8 Å². The number of Topliss-reactive ketones (excluding diaryl/α,β-unsaturated/α-hetero) is 1. The van der Waals surface area contributed by atoms with Crippen molar-refractivity contribution in [3.8, 4) is 0 Å². The molecule has 124 valence electrons. The molecular formula is C17H33NO3. The topological polar surface area (TPSA) is 55.4 Å². The van der Waals surface area contributed by atoms with Crippen molar-refractivity contribution in [2.75, 3.05) is 0 Å². The number of hydrogen-bond donors (Lipinski definition) is 1. The third-order valence-corrected chi connectivity index (χ3v) is 3.69. The molecule has 1 saturated heterocycles. The monoisotopic (exact) mass is 299 g/mol. The standard InChI is InChI=1S/C15H27NO3.C2H6/c1-9(2)15(12(5)17)16-14(18)8-13-6-10(3)19-11(4)7-13;1-2/h9-11,13,15H,6-8H2,1-5H3,(H,16,18);1-2H3. The maximum Gasteiger partial charge on any atom is 0.220 e. The Morgan fingerprint density at radius 1 is 1.14 bits per heavy atom. The Labute approximate surface area is 130 Å². The Kier molecular flexibility index (Phi) is 9.51. The molecule has 4 nitrogen and oxygen atoms in total. The molecule has 1 aliphatic rings. The van der Waals surface area contributed by atoms with Gasteiger partial charge in [0.2, 0.25) is 5.91 Å². The molecule has 1 rings (SSSR count). The molecule has 0 radical (unpaired) electrons. The van der Waals surface area contributed by atoms with E-state index in [2.05, 4.69) is 5.32 Å². The second kappa shape index (κ2) is 9.93. The van der Waals surface area contributed by atoms with E-state index < -0.39 is 0 Å². The van der Waals surface area contributed by atoms with E-state index in [1.807, 2.05) is 41.5 Å². The van der Waals surface area contributed by atoms with Crippen molar-refractivity contribution in [2.24, 2.45) is 11.8 Å². The van der Waals surface area contributed by atoms with E-state index in [9.17, 15) is 9.59 Å². The molecule has 1 aliphatic heterocycles. The fourth-order valence-corrected chi connectivity index (χ4v) is 2.94. The van der Waals surface area contributed by atoms with Crippen molar-refractivity contribution in [1.82, 2.24) is 5.32 Å². The highest BCUT2D eigenvalue weighted by Gasteiger charge is 2.27. The van der Waals surface area contributed by atoms with Crippen LogP contribution < -0.4 is 5.32 Å². The van der Waals surface area contributed by atoms with Crippen LogP contribution in [0.3, 0.4) is 0 Å². The maximum atomic E-state index is 12.0. The summed E-state index contributed by atoms with van der Waals surface area (Å²) in [6, 6.07) is -0.359. The van der Waals surface area contributed by atoms with Crippen molar-refractivity contribution < 1.29 is 14.3 Å². The van der Waals surface area contributed by atoms with Crippen LogP contribution in [0, 0.1) is 11.8 Å². The van der Waals surface area contributed by atoms with E-state index in [-0.39, 0.29) is 35.9 Å². The largest absolute Gasteiger partial charge is 0.376 e. The van der Waals surface area contributed by atoms with Crippen molar-refractivity contribution in [1.29, 1.82) is 0 Å². The average molecular weight is 299 g/mol. The molecule has 3 atom stereocenters. The first-order chi connectivity index (χ1) is 9.79. The number of carbonyl (C=O) groups excluding carboxylic acids is 2. The molecule has 21 heavy (non-hydrogen) atoms. The lowest BCUT2D eigenvalue weighted by Crippen LogP contribution is -2.44. The van der Waals surface area contributed by atoms with Crippen LogP contribution in [0.4, 0.5) is 0 Å². The summed E-state index contributed by atoms with van der Waals surface area (Å²) in [5.74, 6) is 0.504.